The maximum absolute atomic E-state index is 10.8. The summed E-state index contributed by atoms with van der Waals surface area (Å²) >= 11 is 0. The molecule has 2 heterocycles. The van der Waals surface area contributed by atoms with Gasteiger partial charge >= 0.3 is 0 Å². The molecule has 7 nitrogen and oxygen atoms in total. The molecule has 1 aromatic heterocycles. The van der Waals surface area contributed by atoms with Gasteiger partial charge in [-0.05, 0) is 30.9 Å². The quantitative estimate of drug-likeness (QED) is 0.625. The Labute approximate surface area is 135 Å². The standard InChI is InChI=1S/C16H21N5O2/c1-12(2)10-19-11-17-18-16(19)15-4-3-9-20(15)13-5-7-14(8-6-13)21(22)23/h5-8,11-12,15H,3-4,9-10H2,1-2H3. The molecule has 0 amide bonds. The molecule has 0 saturated carbocycles. The number of aromatic nitrogens is 3. The van der Waals surface area contributed by atoms with Gasteiger partial charge in [-0.15, -0.1) is 10.2 Å². The molecule has 23 heavy (non-hydrogen) atoms. The number of hydrogen-bond donors (Lipinski definition) is 0. The second kappa shape index (κ2) is 6.36. The summed E-state index contributed by atoms with van der Waals surface area (Å²) in [5, 5.41) is 19.2. The molecule has 0 N–H and O–H groups in total. The molecule has 1 aliphatic rings. The van der Waals surface area contributed by atoms with E-state index in [0.29, 0.717) is 5.92 Å². The molecule has 1 aromatic carbocycles. The average molecular weight is 315 g/mol. The molecule has 1 aliphatic heterocycles. The monoisotopic (exact) mass is 315 g/mol. The number of nitro groups is 1. The number of non-ortho nitro benzene ring substituents is 1. The summed E-state index contributed by atoms with van der Waals surface area (Å²) in [7, 11) is 0. The van der Waals surface area contributed by atoms with Crippen LogP contribution in [0.2, 0.25) is 0 Å². The van der Waals surface area contributed by atoms with Crippen LogP contribution in [-0.2, 0) is 6.54 Å². The van der Waals surface area contributed by atoms with Gasteiger partial charge in [-0.2, -0.15) is 0 Å². The van der Waals surface area contributed by atoms with Crippen molar-refractivity contribution in [2.24, 2.45) is 5.92 Å². The van der Waals surface area contributed by atoms with E-state index in [-0.39, 0.29) is 16.7 Å². The Morgan fingerprint density at radius 3 is 2.74 bits per heavy atom. The Balaban J connectivity index is 1.85. The fourth-order valence-electron chi connectivity index (χ4n) is 3.17. The lowest BCUT2D eigenvalue weighted by molar-refractivity contribution is -0.384. The number of nitrogens with zero attached hydrogens (tertiary/aromatic N) is 5. The van der Waals surface area contributed by atoms with Gasteiger partial charge in [0.15, 0.2) is 5.82 Å². The van der Waals surface area contributed by atoms with Gasteiger partial charge in [0, 0.05) is 30.9 Å². The van der Waals surface area contributed by atoms with Gasteiger partial charge in [-0.25, -0.2) is 0 Å². The van der Waals surface area contributed by atoms with Crippen LogP contribution in [0.25, 0.3) is 0 Å². The molecule has 0 spiro atoms. The molecular formula is C16H21N5O2. The minimum absolute atomic E-state index is 0.118. The molecule has 1 atom stereocenters. The van der Waals surface area contributed by atoms with E-state index < -0.39 is 0 Å². The Kier molecular flexibility index (Phi) is 4.27. The molecule has 2 aromatic rings. The van der Waals surface area contributed by atoms with Crippen molar-refractivity contribution < 1.29 is 4.92 Å². The van der Waals surface area contributed by atoms with Gasteiger partial charge in [-0.3, -0.25) is 10.1 Å². The Morgan fingerprint density at radius 2 is 2.09 bits per heavy atom. The first-order chi connectivity index (χ1) is 11.1. The molecule has 122 valence electrons. The lowest BCUT2D eigenvalue weighted by Gasteiger charge is -2.26. The number of rotatable bonds is 5. The van der Waals surface area contributed by atoms with Gasteiger partial charge in [0.1, 0.15) is 6.33 Å². The molecule has 1 saturated heterocycles. The Morgan fingerprint density at radius 1 is 1.35 bits per heavy atom. The Hall–Kier alpha value is -2.44. The zero-order chi connectivity index (χ0) is 16.4. The number of anilines is 1. The second-order valence-electron chi connectivity index (χ2n) is 6.36. The lowest BCUT2D eigenvalue weighted by atomic mass is 10.1. The van der Waals surface area contributed by atoms with Crippen LogP contribution in [-0.4, -0.2) is 26.2 Å². The minimum Gasteiger partial charge on any atom is -0.361 e. The van der Waals surface area contributed by atoms with Crippen molar-refractivity contribution in [2.45, 2.75) is 39.3 Å². The molecule has 0 aliphatic carbocycles. The van der Waals surface area contributed by atoms with Crippen LogP contribution in [0.3, 0.4) is 0 Å². The highest BCUT2D eigenvalue weighted by Crippen LogP contribution is 2.35. The predicted molar refractivity (Wildman–Crippen MR) is 87.3 cm³/mol. The van der Waals surface area contributed by atoms with Crippen molar-refractivity contribution >= 4 is 11.4 Å². The highest BCUT2D eigenvalue weighted by molar-refractivity contribution is 5.52. The van der Waals surface area contributed by atoms with E-state index in [1.165, 1.54) is 0 Å². The minimum atomic E-state index is -0.371. The molecule has 1 fully saturated rings. The van der Waals surface area contributed by atoms with Crippen molar-refractivity contribution in [3.8, 4) is 0 Å². The summed E-state index contributed by atoms with van der Waals surface area (Å²) in [6.07, 6.45) is 3.89. The van der Waals surface area contributed by atoms with Gasteiger partial charge in [0.25, 0.3) is 5.69 Å². The zero-order valence-corrected chi connectivity index (χ0v) is 13.4. The molecule has 1 unspecified atom stereocenters. The van der Waals surface area contributed by atoms with Crippen molar-refractivity contribution in [3.63, 3.8) is 0 Å². The van der Waals surface area contributed by atoms with Crippen molar-refractivity contribution in [3.05, 3.63) is 46.5 Å². The van der Waals surface area contributed by atoms with Crippen molar-refractivity contribution in [1.29, 1.82) is 0 Å². The first kappa shape index (κ1) is 15.5. The van der Waals surface area contributed by atoms with Gasteiger partial charge in [-0.1, -0.05) is 13.8 Å². The fourth-order valence-corrected chi connectivity index (χ4v) is 3.17. The maximum atomic E-state index is 10.8. The molecule has 7 heteroatoms. The molecular weight excluding hydrogens is 294 g/mol. The third kappa shape index (κ3) is 3.18. The summed E-state index contributed by atoms with van der Waals surface area (Å²) in [5.74, 6) is 1.51. The lowest BCUT2D eigenvalue weighted by Crippen LogP contribution is -2.25. The summed E-state index contributed by atoms with van der Waals surface area (Å²) < 4.78 is 2.12. The van der Waals surface area contributed by atoms with Crippen LogP contribution in [0, 0.1) is 16.0 Å². The summed E-state index contributed by atoms with van der Waals surface area (Å²) in [5.41, 5.74) is 1.12. The van der Waals surface area contributed by atoms with Crippen LogP contribution in [0.4, 0.5) is 11.4 Å². The van der Waals surface area contributed by atoms with E-state index in [1.54, 1.807) is 18.5 Å². The van der Waals surface area contributed by atoms with Crippen LogP contribution in [0.5, 0.6) is 0 Å². The van der Waals surface area contributed by atoms with E-state index in [1.807, 2.05) is 12.1 Å². The molecule has 0 radical (unpaired) electrons. The normalized spacial score (nSPS) is 17.9. The van der Waals surface area contributed by atoms with Crippen LogP contribution in [0.1, 0.15) is 38.6 Å². The zero-order valence-electron chi connectivity index (χ0n) is 13.4. The first-order valence-corrected chi connectivity index (χ1v) is 7.95. The third-order valence-electron chi connectivity index (χ3n) is 4.15. The van der Waals surface area contributed by atoms with Gasteiger partial charge in [0.2, 0.25) is 0 Å². The van der Waals surface area contributed by atoms with Gasteiger partial charge in [0.05, 0.1) is 11.0 Å². The summed E-state index contributed by atoms with van der Waals surface area (Å²) in [4.78, 5) is 12.7. The largest absolute Gasteiger partial charge is 0.361 e. The van der Waals surface area contributed by atoms with Gasteiger partial charge < -0.3 is 9.47 Å². The fraction of sp³-hybridized carbons (Fsp3) is 0.500. The maximum Gasteiger partial charge on any atom is 0.269 e. The number of hydrogen-bond acceptors (Lipinski definition) is 5. The topological polar surface area (TPSA) is 77.1 Å². The van der Waals surface area contributed by atoms with Crippen molar-refractivity contribution in [1.82, 2.24) is 14.8 Å². The molecule has 3 rings (SSSR count). The first-order valence-electron chi connectivity index (χ1n) is 7.95. The third-order valence-corrected chi connectivity index (χ3v) is 4.15. The van der Waals surface area contributed by atoms with E-state index >= 15 is 0 Å². The van der Waals surface area contributed by atoms with Crippen LogP contribution < -0.4 is 4.90 Å². The summed E-state index contributed by atoms with van der Waals surface area (Å²) in [6, 6.07) is 6.93. The van der Waals surface area contributed by atoms with E-state index in [4.69, 9.17) is 0 Å². The SMILES string of the molecule is CC(C)Cn1cnnc1C1CCCN1c1ccc([N+](=O)[O-])cc1. The predicted octanol–water partition coefficient (Wildman–Crippen LogP) is 3.18. The molecule has 0 bridgehead atoms. The van der Waals surface area contributed by atoms with Crippen molar-refractivity contribution in [2.75, 3.05) is 11.4 Å². The van der Waals surface area contributed by atoms with E-state index in [2.05, 4.69) is 33.5 Å². The smallest absolute Gasteiger partial charge is 0.269 e. The number of nitro benzene ring substituents is 1. The van der Waals surface area contributed by atoms with Crippen LogP contribution >= 0.6 is 0 Å². The average Bonchev–Trinajstić information content (AvgIpc) is 3.15. The highest BCUT2D eigenvalue weighted by Gasteiger charge is 2.30. The highest BCUT2D eigenvalue weighted by atomic mass is 16.6. The number of benzene rings is 1. The second-order valence-corrected chi connectivity index (χ2v) is 6.36. The summed E-state index contributed by atoms with van der Waals surface area (Å²) in [6.45, 7) is 6.17. The van der Waals surface area contributed by atoms with Crippen LogP contribution in [0.15, 0.2) is 30.6 Å². The van der Waals surface area contributed by atoms with E-state index in [0.717, 1.165) is 37.4 Å². The Bertz CT molecular complexity index is 680. The van der Waals surface area contributed by atoms with E-state index in [9.17, 15) is 10.1 Å².